The lowest BCUT2D eigenvalue weighted by Crippen LogP contribution is -2.30. The quantitative estimate of drug-likeness (QED) is 0.140. The highest BCUT2D eigenvalue weighted by atomic mass is 16.3. The SMILES string of the molecule is C=CCN=CC1c2c(cc(C)c(-c3c(C)cc4c(c3O)C(C=NCC=C)C(O)C(O)=C4C(C)C)c2O)C(C(C)C)=C(O)C1O. The van der Waals surface area contributed by atoms with Crippen LogP contribution in [0.1, 0.15) is 72.9 Å². The first-order chi connectivity index (χ1) is 20.8. The molecule has 0 fully saturated rings. The summed E-state index contributed by atoms with van der Waals surface area (Å²) >= 11 is 0. The largest absolute Gasteiger partial charge is 0.509 e. The molecule has 0 radical (unpaired) electrons. The van der Waals surface area contributed by atoms with Gasteiger partial charge in [0.1, 0.15) is 35.2 Å². The maximum Gasteiger partial charge on any atom is 0.128 e. The minimum atomic E-state index is -1.34. The zero-order valence-electron chi connectivity index (χ0n) is 26.3. The van der Waals surface area contributed by atoms with Crippen LogP contribution in [-0.2, 0) is 0 Å². The van der Waals surface area contributed by atoms with Gasteiger partial charge in [-0.05, 0) is 47.9 Å². The molecule has 0 spiro atoms. The van der Waals surface area contributed by atoms with Crippen LogP contribution in [0.15, 0.2) is 58.9 Å². The highest BCUT2D eigenvalue weighted by molar-refractivity contribution is 5.94. The Kier molecular flexibility index (Phi) is 9.56. The van der Waals surface area contributed by atoms with E-state index in [0.29, 0.717) is 68.7 Å². The van der Waals surface area contributed by atoms with Gasteiger partial charge in [-0.3, -0.25) is 9.98 Å². The molecule has 0 saturated carbocycles. The molecule has 44 heavy (non-hydrogen) atoms. The summed E-state index contributed by atoms with van der Waals surface area (Å²) in [6.07, 6.45) is 3.57. The Labute approximate surface area is 259 Å². The minimum absolute atomic E-state index is 0.145. The summed E-state index contributed by atoms with van der Waals surface area (Å²) in [7, 11) is 0. The van der Waals surface area contributed by atoms with E-state index in [1.807, 2.05) is 53.7 Å². The van der Waals surface area contributed by atoms with Crippen molar-refractivity contribution in [2.75, 3.05) is 13.1 Å². The van der Waals surface area contributed by atoms with Crippen LogP contribution in [0.5, 0.6) is 11.5 Å². The van der Waals surface area contributed by atoms with Gasteiger partial charge in [0.25, 0.3) is 0 Å². The lowest BCUT2D eigenvalue weighted by molar-refractivity contribution is 0.142. The van der Waals surface area contributed by atoms with Crippen LogP contribution in [-0.4, -0.2) is 68.4 Å². The fraction of sp³-hybridized carbons (Fsp3) is 0.389. The molecule has 8 nitrogen and oxygen atoms in total. The second-order valence-corrected chi connectivity index (χ2v) is 12.2. The summed E-state index contributed by atoms with van der Waals surface area (Å²) in [5.41, 5.74) is 5.06. The summed E-state index contributed by atoms with van der Waals surface area (Å²) in [5, 5.41) is 68.8. The second-order valence-electron chi connectivity index (χ2n) is 12.2. The number of hydrogen-bond donors (Lipinski definition) is 6. The first kappa shape index (κ1) is 32.8. The number of benzene rings is 2. The van der Waals surface area contributed by atoms with Crippen molar-refractivity contribution in [3.05, 3.63) is 82.3 Å². The smallest absolute Gasteiger partial charge is 0.128 e. The Balaban J connectivity index is 2.10. The molecular formula is C36H44N2O6. The lowest BCUT2D eigenvalue weighted by Gasteiger charge is -2.35. The van der Waals surface area contributed by atoms with Crippen LogP contribution in [0, 0.1) is 25.7 Å². The van der Waals surface area contributed by atoms with Gasteiger partial charge in [0.15, 0.2) is 0 Å². The molecule has 0 heterocycles. The topological polar surface area (TPSA) is 146 Å². The van der Waals surface area contributed by atoms with Crippen molar-refractivity contribution in [2.45, 2.75) is 65.6 Å². The molecule has 6 N–H and O–H groups in total. The summed E-state index contributed by atoms with van der Waals surface area (Å²) in [5.74, 6) is -2.66. The van der Waals surface area contributed by atoms with Crippen molar-refractivity contribution >= 4 is 23.6 Å². The van der Waals surface area contributed by atoms with E-state index >= 15 is 0 Å². The Hall–Kier alpha value is -4.14. The van der Waals surface area contributed by atoms with E-state index < -0.39 is 24.0 Å². The molecule has 2 aliphatic rings. The number of aromatic hydroxyl groups is 2. The number of aliphatic imine (C=N–C) groups is 2. The van der Waals surface area contributed by atoms with E-state index in [0.717, 1.165) is 0 Å². The van der Waals surface area contributed by atoms with Crippen LogP contribution >= 0.6 is 0 Å². The predicted octanol–water partition coefficient (Wildman–Crippen LogP) is 6.66. The molecule has 2 aliphatic carbocycles. The standard InChI is InChI=1S/C36H44N2O6/c1-9-11-37-15-23-29-21(25(17(3)4)35(43)31(23)39)13-19(7)27(33(29)41)28-20(8)14-22-26(18(5)6)36(44)32(40)24(16-38-12-10-2)30(22)34(28)42/h9-10,13-18,23-24,31-32,39-44H,1-2,11-12H2,3-8H3. The van der Waals surface area contributed by atoms with Crippen molar-refractivity contribution in [3.63, 3.8) is 0 Å². The number of aliphatic hydroxyl groups excluding tert-OH is 4. The van der Waals surface area contributed by atoms with Crippen LogP contribution in [0.3, 0.4) is 0 Å². The number of rotatable bonds is 9. The summed E-state index contributed by atoms with van der Waals surface area (Å²) in [6.45, 7) is 19.2. The third-order valence-corrected chi connectivity index (χ3v) is 8.52. The van der Waals surface area contributed by atoms with Gasteiger partial charge < -0.3 is 30.6 Å². The number of nitrogens with zero attached hydrogens (tertiary/aromatic N) is 2. The molecule has 0 bridgehead atoms. The Morgan fingerprint density at radius 1 is 0.682 bits per heavy atom. The summed E-state index contributed by atoms with van der Waals surface area (Å²) in [4.78, 5) is 8.67. The highest BCUT2D eigenvalue weighted by Crippen LogP contribution is 2.54. The van der Waals surface area contributed by atoms with Crippen LogP contribution in [0.25, 0.3) is 22.3 Å². The zero-order valence-corrected chi connectivity index (χ0v) is 26.3. The van der Waals surface area contributed by atoms with Gasteiger partial charge in [-0.25, -0.2) is 0 Å². The molecule has 8 heteroatoms. The van der Waals surface area contributed by atoms with Gasteiger partial charge in [-0.15, -0.1) is 13.2 Å². The maximum absolute atomic E-state index is 12.1. The Morgan fingerprint density at radius 3 is 1.32 bits per heavy atom. The number of aliphatic hydroxyl groups is 4. The first-order valence-electron chi connectivity index (χ1n) is 15.0. The molecule has 4 atom stereocenters. The number of aryl methyl sites for hydroxylation is 2. The van der Waals surface area contributed by atoms with Gasteiger partial charge in [0, 0.05) is 45.8 Å². The van der Waals surface area contributed by atoms with Crippen LogP contribution in [0.2, 0.25) is 0 Å². The minimum Gasteiger partial charge on any atom is -0.509 e. The van der Waals surface area contributed by atoms with E-state index in [-0.39, 0.29) is 34.9 Å². The molecule has 0 aromatic heterocycles. The van der Waals surface area contributed by atoms with E-state index in [9.17, 15) is 30.6 Å². The molecule has 4 rings (SSSR count). The fourth-order valence-electron chi connectivity index (χ4n) is 6.66. The lowest BCUT2D eigenvalue weighted by atomic mass is 9.72. The molecule has 2 aromatic rings. The molecule has 4 unspecified atom stereocenters. The van der Waals surface area contributed by atoms with Crippen molar-refractivity contribution in [1.82, 2.24) is 0 Å². The van der Waals surface area contributed by atoms with Crippen LogP contribution < -0.4 is 0 Å². The van der Waals surface area contributed by atoms with Crippen molar-refractivity contribution < 1.29 is 30.6 Å². The van der Waals surface area contributed by atoms with Crippen molar-refractivity contribution in [2.24, 2.45) is 21.8 Å². The summed E-state index contributed by atoms with van der Waals surface area (Å²) in [6, 6.07) is 3.72. The summed E-state index contributed by atoms with van der Waals surface area (Å²) < 4.78 is 0. The Morgan fingerprint density at radius 2 is 1.02 bits per heavy atom. The van der Waals surface area contributed by atoms with Crippen molar-refractivity contribution in [1.29, 1.82) is 0 Å². The van der Waals surface area contributed by atoms with E-state index in [1.165, 1.54) is 12.4 Å². The number of fused-ring (bicyclic) bond motifs is 2. The Bertz CT molecular complexity index is 1490. The number of phenols is 2. The third kappa shape index (κ3) is 5.37. The number of phenolic OH excluding ortho intramolecular Hbond substituents is 2. The fourth-order valence-corrected chi connectivity index (χ4v) is 6.66. The molecule has 0 saturated heterocycles. The van der Waals surface area contributed by atoms with Gasteiger partial charge in [0.05, 0.1) is 24.9 Å². The highest BCUT2D eigenvalue weighted by Gasteiger charge is 2.41. The number of hydrogen-bond acceptors (Lipinski definition) is 8. The second kappa shape index (κ2) is 12.8. The van der Waals surface area contributed by atoms with Crippen LogP contribution in [0.4, 0.5) is 0 Å². The number of allylic oxidation sites excluding steroid dienone is 2. The average molecular weight is 601 g/mol. The van der Waals surface area contributed by atoms with Gasteiger partial charge in [0.2, 0.25) is 0 Å². The van der Waals surface area contributed by atoms with Gasteiger partial charge in [-0.1, -0.05) is 52.0 Å². The molecule has 0 aliphatic heterocycles. The maximum atomic E-state index is 12.1. The normalized spacial score (nSPS) is 22.0. The van der Waals surface area contributed by atoms with Crippen molar-refractivity contribution in [3.8, 4) is 22.6 Å². The van der Waals surface area contributed by atoms with Gasteiger partial charge >= 0.3 is 0 Å². The first-order valence-corrected chi connectivity index (χ1v) is 15.0. The molecular weight excluding hydrogens is 556 g/mol. The van der Waals surface area contributed by atoms with Gasteiger partial charge in [-0.2, -0.15) is 0 Å². The molecule has 2 aromatic carbocycles. The zero-order chi connectivity index (χ0) is 32.6. The third-order valence-electron chi connectivity index (χ3n) is 8.52. The monoisotopic (exact) mass is 600 g/mol. The predicted molar refractivity (Wildman–Crippen MR) is 178 cm³/mol. The molecule has 234 valence electrons. The van der Waals surface area contributed by atoms with E-state index in [1.54, 1.807) is 12.2 Å². The van der Waals surface area contributed by atoms with E-state index in [4.69, 9.17) is 0 Å². The van der Waals surface area contributed by atoms with E-state index in [2.05, 4.69) is 23.1 Å². The molecule has 0 amide bonds. The average Bonchev–Trinajstić information content (AvgIpc) is 2.94.